The zero-order chi connectivity index (χ0) is 15.5. The average molecular weight is 289 g/mol. The molecule has 1 heterocycles. The van der Waals surface area contributed by atoms with Crippen molar-refractivity contribution in [1.29, 1.82) is 0 Å². The van der Waals surface area contributed by atoms with E-state index in [0.717, 1.165) is 11.1 Å². The topological polar surface area (TPSA) is 20.3 Å². The summed E-state index contributed by atoms with van der Waals surface area (Å²) in [4.78, 5) is 14.4. The van der Waals surface area contributed by atoms with Crippen LogP contribution < -0.4 is 0 Å². The Balaban J connectivity index is 2.02. The van der Waals surface area contributed by atoms with E-state index in [1.807, 2.05) is 23.1 Å². The maximum Gasteiger partial charge on any atom is 0.224 e. The van der Waals surface area contributed by atoms with Crippen molar-refractivity contribution in [2.75, 3.05) is 6.54 Å². The van der Waals surface area contributed by atoms with Gasteiger partial charge in [0.2, 0.25) is 5.91 Å². The normalized spacial score (nSPS) is 19.0. The van der Waals surface area contributed by atoms with E-state index in [2.05, 4.69) is 49.2 Å². The van der Waals surface area contributed by atoms with Gasteiger partial charge in [0, 0.05) is 18.9 Å². The Bertz CT molecular complexity index is 697. The van der Waals surface area contributed by atoms with Gasteiger partial charge in [-0.15, -0.1) is 12.3 Å². The summed E-state index contributed by atoms with van der Waals surface area (Å²) in [6, 6.07) is 18.5. The fourth-order valence-electron chi connectivity index (χ4n) is 3.03. The Hall–Kier alpha value is -2.53. The Morgan fingerprint density at radius 1 is 1.09 bits per heavy atom. The fraction of sp³-hybridized carbons (Fsp3) is 0.250. The van der Waals surface area contributed by atoms with Crippen LogP contribution in [0.25, 0.3) is 0 Å². The van der Waals surface area contributed by atoms with Gasteiger partial charge in [-0.1, -0.05) is 60.2 Å². The monoisotopic (exact) mass is 289 g/mol. The van der Waals surface area contributed by atoms with E-state index in [1.165, 1.54) is 5.56 Å². The van der Waals surface area contributed by atoms with Crippen LogP contribution in [0.5, 0.6) is 0 Å². The van der Waals surface area contributed by atoms with Gasteiger partial charge in [0.25, 0.3) is 0 Å². The van der Waals surface area contributed by atoms with Crippen molar-refractivity contribution in [2.45, 2.75) is 19.4 Å². The molecule has 2 unspecified atom stereocenters. The fourth-order valence-corrected chi connectivity index (χ4v) is 3.03. The third-order valence-corrected chi connectivity index (χ3v) is 4.21. The van der Waals surface area contributed by atoms with Crippen molar-refractivity contribution in [2.24, 2.45) is 5.92 Å². The molecule has 1 fully saturated rings. The van der Waals surface area contributed by atoms with Gasteiger partial charge in [-0.25, -0.2) is 0 Å². The molecule has 1 amide bonds. The molecule has 110 valence electrons. The summed E-state index contributed by atoms with van der Waals surface area (Å²) in [7, 11) is 0. The maximum atomic E-state index is 12.4. The highest BCUT2D eigenvalue weighted by molar-refractivity contribution is 5.80. The van der Waals surface area contributed by atoms with Crippen molar-refractivity contribution in [3.63, 3.8) is 0 Å². The lowest BCUT2D eigenvalue weighted by atomic mass is 9.96. The van der Waals surface area contributed by atoms with E-state index in [9.17, 15) is 4.79 Å². The summed E-state index contributed by atoms with van der Waals surface area (Å²) >= 11 is 0. The van der Waals surface area contributed by atoms with Crippen LogP contribution in [0.15, 0.2) is 54.6 Å². The Morgan fingerprint density at radius 3 is 2.32 bits per heavy atom. The highest BCUT2D eigenvalue weighted by Crippen LogP contribution is 2.33. The van der Waals surface area contributed by atoms with Gasteiger partial charge in [-0.2, -0.15) is 0 Å². The van der Waals surface area contributed by atoms with Crippen LogP contribution in [-0.4, -0.2) is 17.4 Å². The minimum atomic E-state index is -0.0624. The number of hydrogen-bond acceptors (Lipinski definition) is 1. The van der Waals surface area contributed by atoms with Gasteiger partial charge in [0.1, 0.15) is 0 Å². The molecule has 2 aromatic carbocycles. The number of terminal acetylenes is 1. The van der Waals surface area contributed by atoms with Gasteiger partial charge in [0.15, 0.2) is 0 Å². The van der Waals surface area contributed by atoms with E-state index in [0.29, 0.717) is 13.0 Å². The summed E-state index contributed by atoms with van der Waals surface area (Å²) in [6.45, 7) is 2.69. The second-order valence-electron chi connectivity index (χ2n) is 5.84. The molecule has 2 atom stereocenters. The summed E-state index contributed by atoms with van der Waals surface area (Å²) in [5.41, 5.74) is 3.46. The predicted molar refractivity (Wildman–Crippen MR) is 88.1 cm³/mol. The molecule has 2 aromatic rings. The third-order valence-electron chi connectivity index (χ3n) is 4.21. The van der Waals surface area contributed by atoms with Gasteiger partial charge >= 0.3 is 0 Å². The molecule has 2 heteroatoms. The minimum absolute atomic E-state index is 0.0177. The van der Waals surface area contributed by atoms with Crippen molar-refractivity contribution < 1.29 is 4.79 Å². The number of rotatable bonds is 3. The zero-order valence-electron chi connectivity index (χ0n) is 12.7. The number of carbonyl (C=O) groups is 1. The van der Waals surface area contributed by atoms with E-state index in [-0.39, 0.29) is 17.9 Å². The van der Waals surface area contributed by atoms with Crippen LogP contribution in [0.2, 0.25) is 0 Å². The highest BCUT2D eigenvalue weighted by atomic mass is 16.2. The first kappa shape index (κ1) is 14.4. The van der Waals surface area contributed by atoms with Gasteiger partial charge in [-0.05, 0) is 18.1 Å². The quantitative estimate of drug-likeness (QED) is 0.791. The molecule has 0 bridgehead atoms. The Morgan fingerprint density at radius 2 is 1.73 bits per heavy atom. The molecule has 1 aliphatic rings. The number of nitrogens with zero attached hydrogens (tertiary/aromatic N) is 1. The van der Waals surface area contributed by atoms with E-state index in [4.69, 9.17) is 6.42 Å². The first-order valence-electron chi connectivity index (χ1n) is 7.56. The molecule has 2 nitrogen and oxygen atoms in total. The van der Waals surface area contributed by atoms with Crippen LogP contribution in [0.3, 0.4) is 0 Å². The van der Waals surface area contributed by atoms with Crippen molar-refractivity contribution in [1.82, 2.24) is 4.90 Å². The van der Waals surface area contributed by atoms with E-state index < -0.39 is 0 Å². The van der Waals surface area contributed by atoms with Crippen molar-refractivity contribution >= 4 is 5.91 Å². The number of hydrogen-bond donors (Lipinski definition) is 0. The lowest BCUT2D eigenvalue weighted by Gasteiger charge is -2.29. The molecule has 0 spiro atoms. The van der Waals surface area contributed by atoms with E-state index >= 15 is 0 Å². The minimum Gasteiger partial charge on any atom is -0.330 e. The SMILES string of the molecule is C#CC1CC(=O)N(C(c2ccccc2)c2ccc(C)cc2)C1. The maximum absolute atomic E-state index is 12.4. The molecule has 0 aromatic heterocycles. The molecule has 0 N–H and O–H groups in total. The molecule has 0 radical (unpaired) electrons. The molecular formula is C20H19NO. The number of aryl methyl sites for hydroxylation is 1. The number of amides is 1. The first-order valence-corrected chi connectivity index (χ1v) is 7.56. The highest BCUT2D eigenvalue weighted by Gasteiger charge is 2.34. The van der Waals surface area contributed by atoms with Gasteiger partial charge < -0.3 is 4.90 Å². The molecule has 0 aliphatic carbocycles. The van der Waals surface area contributed by atoms with Gasteiger partial charge in [-0.3, -0.25) is 4.79 Å². The van der Waals surface area contributed by atoms with Crippen molar-refractivity contribution in [3.8, 4) is 12.3 Å². The van der Waals surface area contributed by atoms with E-state index in [1.54, 1.807) is 0 Å². The molecular weight excluding hydrogens is 270 g/mol. The molecule has 1 saturated heterocycles. The molecule has 22 heavy (non-hydrogen) atoms. The summed E-state index contributed by atoms with van der Waals surface area (Å²) in [6.07, 6.45) is 5.98. The standard InChI is InChI=1S/C20H19NO/c1-3-16-13-19(22)21(14-16)20(17-7-5-4-6-8-17)18-11-9-15(2)10-12-18/h1,4-12,16,20H,13-14H2,2H3. The van der Waals surface area contributed by atoms with Crippen LogP contribution in [-0.2, 0) is 4.79 Å². The number of likely N-dealkylation sites (tertiary alicyclic amines) is 1. The molecule has 0 saturated carbocycles. The van der Waals surface area contributed by atoms with Crippen LogP contribution in [0.1, 0.15) is 29.2 Å². The Kier molecular flexibility index (Phi) is 3.98. The second-order valence-corrected chi connectivity index (χ2v) is 5.84. The van der Waals surface area contributed by atoms with Crippen LogP contribution in [0, 0.1) is 25.2 Å². The lowest BCUT2D eigenvalue weighted by molar-refractivity contribution is -0.129. The van der Waals surface area contributed by atoms with Crippen LogP contribution in [0.4, 0.5) is 0 Å². The Labute approximate surface area is 131 Å². The molecule has 3 rings (SSSR count). The number of benzene rings is 2. The van der Waals surface area contributed by atoms with Crippen molar-refractivity contribution in [3.05, 3.63) is 71.3 Å². The van der Waals surface area contributed by atoms with Gasteiger partial charge in [0.05, 0.1) is 6.04 Å². The third kappa shape index (κ3) is 2.76. The second kappa shape index (κ2) is 6.07. The van der Waals surface area contributed by atoms with Crippen LogP contribution >= 0.6 is 0 Å². The molecule has 1 aliphatic heterocycles. The smallest absolute Gasteiger partial charge is 0.224 e. The summed E-state index contributed by atoms with van der Waals surface area (Å²) in [5, 5.41) is 0. The summed E-state index contributed by atoms with van der Waals surface area (Å²) in [5.74, 6) is 2.88. The number of carbonyl (C=O) groups excluding carboxylic acids is 1. The zero-order valence-corrected chi connectivity index (χ0v) is 12.7. The average Bonchev–Trinajstić information content (AvgIpc) is 2.92. The lowest BCUT2D eigenvalue weighted by Crippen LogP contribution is -2.31. The predicted octanol–water partition coefficient (Wildman–Crippen LogP) is 3.57. The first-order chi connectivity index (χ1) is 10.7. The summed E-state index contributed by atoms with van der Waals surface area (Å²) < 4.78 is 0. The largest absolute Gasteiger partial charge is 0.330 e.